The molecule has 0 aliphatic carbocycles. The maximum atomic E-state index is 13.6. The van der Waals surface area contributed by atoms with Crippen LogP contribution in [-0.4, -0.2) is 41.6 Å². The summed E-state index contributed by atoms with van der Waals surface area (Å²) in [6.45, 7) is 3.60. The highest BCUT2D eigenvalue weighted by molar-refractivity contribution is 6.60. The normalized spacial score (nSPS) is 11.9. The predicted molar refractivity (Wildman–Crippen MR) is 88.6 cm³/mol. The van der Waals surface area contributed by atoms with Gasteiger partial charge in [-0.3, -0.25) is 4.79 Å². The molecule has 0 bridgehead atoms. The Balaban J connectivity index is 2.65. The highest BCUT2D eigenvalue weighted by Crippen LogP contribution is 2.23. The van der Waals surface area contributed by atoms with Crippen molar-refractivity contribution in [2.45, 2.75) is 38.8 Å². The van der Waals surface area contributed by atoms with Crippen LogP contribution in [-0.2, 0) is 13.3 Å². The van der Waals surface area contributed by atoms with Crippen molar-refractivity contribution in [3.05, 3.63) is 34.6 Å². The summed E-state index contributed by atoms with van der Waals surface area (Å²) in [4.78, 5) is 11.8. The van der Waals surface area contributed by atoms with E-state index in [1.807, 2.05) is 13.8 Å². The Morgan fingerprint density at radius 3 is 1.85 bits per heavy atom. The minimum Gasteiger partial charge on any atom is -0.377 e. The molecule has 0 aliphatic heterocycles. The lowest BCUT2D eigenvalue weighted by atomic mass is 10.1. The molecule has 0 unspecified atom stereocenters. The smallest absolute Gasteiger partial charge is 0.377 e. The monoisotopic (exact) mass is 415 g/mol. The van der Waals surface area contributed by atoms with Crippen molar-refractivity contribution < 1.29 is 40.0 Å². The SMILES string of the molecule is CO[Si](CCCCNC(=O)c1c(F)c(F)c(F)c(F)c1F)(OC)OC(C)C. The first-order valence-corrected chi connectivity index (χ1v) is 10.1. The third-order valence-corrected chi connectivity index (χ3v) is 6.71. The van der Waals surface area contributed by atoms with Crippen LogP contribution in [0.15, 0.2) is 0 Å². The van der Waals surface area contributed by atoms with Crippen LogP contribution in [0.1, 0.15) is 37.0 Å². The van der Waals surface area contributed by atoms with Crippen molar-refractivity contribution in [3.8, 4) is 0 Å². The van der Waals surface area contributed by atoms with Gasteiger partial charge >= 0.3 is 8.80 Å². The lowest BCUT2D eigenvalue weighted by Crippen LogP contribution is -2.45. The van der Waals surface area contributed by atoms with Crippen LogP contribution >= 0.6 is 0 Å². The minimum absolute atomic E-state index is 0.0437. The van der Waals surface area contributed by atoms with Crippen LogP contribution in [0.5, 0.6) is 0 Å². The third-order valence-electron chi connectivity index (χ3n) is 3.67. The van der Waals surface area contributed by atoms with E-state index in [1.165, 1.54) is 14.2 Å². The number of hydrogen-bond acceptors (Lipinski definition) is 4. The second-order valence-corrected chi connectivity index (χ2v) is 8.83. The van der Waals surface area contributed by atoms with Gasteiger partial charge < -0.3 is 18.6 Å². The number of amides is 1. The summed E-state index contributed by atoms with van der Waals surface area (Å²) >= 11 is 0. The van der Waals surface area contributed by atoms with E-state index >= 15 is 0 Å². The van der Waals surface area contributed by atoms with Gasteiger partial charge in [-0.2, -0.15) is 0 Å². The van der Waals surface area contributed by atoms with Crippen LogP contribution in [0.4, 0.5) is 22.0 Å². The highest BCUT2D eigenvalue weighted by atomic mass is 28.4. The second-order valence-electron chi connectivity index (χ2n) is 5.92. The largest absolute Gasteiger partial charge is 0.500 e. The molecule has 27 heavy (non-hydrogen) atoms. The van der Waals surface area contributed by atoms with Crippen molar-refractivity contribution >= 4 is 14.7 Å². The fourth-order valence-electron chi connectivity index (χ4n) is 2.36. The molecule has 1 amide bonds. The lowest BCUT2D eigenvalue weighted by molar-refractivity contribution is 0.0694. The van der Waals surface area contributed by atoms with Crippen molar-refractivity contribution in [2.24, 2.45) is 0 Å². The Bertz CT molecular complexity index is 642. The first kappa shape index (κ1) is 23.5. The quantitative estimate of drug-likeness (QED) is 0.209. The van der Waals surface area contributed by atoms with Crippen molar-refractivity contribution in [3.63, 3.8) is 0 Å². The van der Waals surface area contributed by atoms with E-state index < -0.39 is 49.4 Å². The average Bonchev–Trinajstić information content (AvgIpc) is 2.63. The molecule has 0 saturated carbocycles. The molecule has 11 heteroatoms. The van der Waals surface area contributed by atoms with E-state index in [1.54, 1.807) is 0 Å². The molecule has 1 aromatic carbocycles. The van der Waals surface area contributed by atoms with Crippen LogP contribution in [0.25, 0.3) is 0 Å². The zero-order valence-electron chi connectivity index (χ0n) is 15.4. The van der Waals surface area contributed by atoms with Gasteiger partial charge in [0.05, 0.1) is 0 Å². The summed E-state index contributed by atoms with van der Waals surface area (Å²) in [5.41, 5.74) is -1.51. The number of unbranched alkanes of at least 4 members (excludes halogenated alkanes) is 1. The number of halogens is 5. The van der Waals surface area contributed by atoms with Gasteiger partial charge in [0.25, 0.3) is 5.91 Å². The maximum absolute atomic E-state index is 13.6. The number of nitrogens with one attached hydrogen (secondary N) is 1. The number of hydrogen-bond donors (Lipinski definition) is 1. The zero-order valence-corrected chi connectivity index (χ0v) is 16.4. The molecule has 0 fully saturated rings. The molecule has 0 atom stereocenters. The maximum Gasteiger partial charge on any atom is 0.500 e. The molecule has 0 radical (unpaired) electrons. The topological polar surface area (TPSA) is 56.8 Å². The van der Waals surface area contributed by atoms with Crippen molar-refractivity contribution in [1.29, 1.82) is 0 Å². The van der Waals surface area contributed by atoms with Gasteiger partial charge in [0, 0.05) is 32.9 Å². The van der Waals surface area contributed by atoms with Gasteiger partial charge in [-0.05, 0) is 26.7 Å². The second kappa shape index (κ2) is 10.1. The molecule has 0 heterocycles. The molecule has 0 aromatic heterocycles. The minimum atomic E-state index is -2.86. The molecular weight excluding hydrogens is 393 g/mol. The first-order chi connectivity index (χ1) is 12.6. The van der Waals surface area contributed by atoms with Gasteiger partial charge in [-0.15, -0.1) is 0 Å². The molecule has 0 aliphatic rings. The zero-order chi connectivity index (χ0) is 20.8. The number of rotatable bonds is 10. The Kier molecular flexibility index (Phi) is 8.79. The summed E-state index contributed by atoms with van der Waals surface area (Å²) in [5.74, 6) is -12.4. The third kappa shape index (κ3) is 5.70. The van der Waals surface area contributed by atoms with E-state index in [0.717, 1.165) is 0 Å². The van der Waals surface area contributed by atoms with Gasteiger partial charge in [-0.1, -0.05) is 0 Å². The van der Waals surface area contributed by atoms with Crippen LogP contribution in [0, 0.1) is 29.1 Å². The molecule has 0 saturated heterocycles. The van der Waals surface area contributed by atoms with Gasteiger partial charge in [-0.25, -0.2) is 22.0 Å². The number of carbonyl (C=O) groups is 1. The molecule has 0 spiro atoms. The van der Waals surface area contributed by atoms with E-state index in [4.69, 9.17) is 13.3 Å². The van der Waals surface area contributed by atoms with Crippen LogP contribution in [0.2, 0.25) is 6.04 Å². The Labute approximate surface area is 155 Å². The van der Waals surface area contributed by atoms with Gasteiger partial charge in [0.15, 0.2) is 23.3 Å². The van der Waals surface area contributed by atoms with E-state index in [0.29, 0.717) is 18.9 Å². The lowest BCUT2D eigenvalue weighted by Gasteiger charge is -2.28. The fourth-order valence-corrected chi connectivity index (χ4v) is 4.65. The van der Waals surface area contributed by atoms with Crippen LogP contribution < -0.4 is 5.32 Å². The summed E-state index contributed by atoms with van der Waals surface area (Å²) < 4.78 is 82.8. The molecule has 1 aromatic rings. The standard InChI is InChI=1S/C16H22F5NO4Si/c1-9(2)26-27(24-3,25-4)8-6-5-7-22-16(23)10-11(17)13(19)15(21)14(20)12(10)18/h9H,5-8H2,1-4H3,(H,22,23). The van der Waals surface area contributed by atoms with E-state index in [9.17, 15) is 26.7 Å². The summed E-state index contributed by atoms with van der Waals surface area (Å²) in [7, 11) is 0.0625. The Morgan fingerprint density at radius 1 is 0.926 bits per heavy atom. The van der Waals surface area contributed by atoms with Crippen molar-refractivity contribution in [1.82, 2.24) is 5.32 Å². The molecule has 1 rings (SSSR count). The van der Waals surface area contributed by atoms with Crippen LogP contribution in [0.3, 0.4) is 0 Å². The molecular formula is C16H22F5NO4Si. The molecule has 1 N–H and O–H groups in total. The Hall–Kier alpha value is -1.56. The van der Waals surface area contributed by atoms with E-state index in [-0.39, 0.29) is 12.6 Å². The van der Waals surface area contributed by atoms with Gasteiger partial charge in [0.2, 0.25) is 5.82 Å². The summed E-state index contributed by atoms with van der Waals surface area (Å²) in [6, 6.07) is 0.427. The Morgan fingerprint density at radius 2 is 1.41 bits per heavy atom. The highest BCUT2D eigenvalue weighted by Gasteiger charge is 2.39. The fraction of sp³-hybridized carbons (Fsp3) is 0.562. The summed E-state index contributed by atoms with van der Waals surface area (Å²) in [6.07, 6.45) is 0.715. The van der Waals surface area contributed by atoms with Crippen molar-refractivity contribution in [2.75, 3.05) is 20.8 Å². The molecule has 154 valence electrons. The average molecular weight is 415 g/mol. The number of benzene rings is 1. The number of carbonyl (C=O) groups excluding carboxylic acids is 1. The first-order valence-electron chi connectivity index (χ1n) is 8.18. The van der Waals surface area contributed by atoms with E-state index in [2.05, 4.69) is 5.32 Å². The summed E-state index contributed by atoms with van der Waals surface area (Å²) in [5, 5.41) is 2.14. The molecule has 5 nitrogen and oxygen atoms in total. The van der Waals surface area contributed by atoms with Gasteiger partial charge in [0.1, 0.15) is 5.56 Å². The predicted octanol–water partition coefficient (Wildman–Crippen LogP) is 3.55.